The molecular weight excluding hydrogens is 368 g/mol. The summed E-state index contributed by atoms with van der Waals surface area (Å²) in [6, 6.07) is 8.41. The van der Waals surface area contributed by atoms with Gasteiger partial charge in [-0.25, -0.2) is 13.6 Å². The highest BCUT2D eigenvalue weighted by molar-refractivity contribution is 5.90. The number of amides is 2. The van der Waals surface area contributed by atoms with Gasteiger partial charge in [-0.2, -0.15) is 10.5 Å². The molecule has 2 amide bonds. The second-order valence-corrected chi connectivity index (χ2v) is 5.85. The lowest BCUT2D eigenvalue weighted by Gasteiger charge is -2.14. The van der Waals surface area contributed by atoms with E-state index in [1.807, 2.05) is 13.1 Å². The Balaban J connectivity index is 0.000000307. The normalized spacial score (nSPS) is 9.75. The van der Waals surface area contributed by atoms with Crippen molar-refractivity contribution in [3.63, 3.8) is 0 Å². The van der Waals surface area contributed by atoms with Crippen molar-refractivity contribution in [3.05, 3.63) is 64.7 Å². The Hall–Kier alpha value is -3.20. The zero-order chi connectivity index (χ0) is 21.1. The number of halogens is 2. The van der Waals surface area contributed by atoms with Crippen LogP contribution in [-0.2, 0) is 11.3 Å². The molecule has 0 aliphatic heterocycles. The third-order valence-corrected chi connectivity index (χ3v) is 3.65. The molecule has 0 unspecified atom stereocenters. The highest BCUT2D eigenvalue weighted by Crippen LogP contribution is 2.16. The first-order valence-corrected chi connectivity index (χ1v) is 8.37. The molecule has 0 radical (unpaired) electrons. The van der Waals surface area contributed by atoms with Gasteiger partial charge < -0.3 is 15.4 Å². The van der Waals surface area contributed by atoms with E-state index in [1.165, 1.54) is 18.2 Å². The number of hydrogen-bond donors (Lipinski definition) is 3. The van der Waals surface area contributed by atoms with E-state index < -0.39 is 11.8 Å². The van der Waals surface area contributed by atoms with E-state index >= 15 is 0 Å². The van der Waals surface area contributed by atoms with E-state index in [0.29, 0.717) is 28.1 Å². The van der Waals surface area contributed by atoms with Crippen LogP contribution in [0.1, 0.15) is 16.7 Å². The average Bonchev–Trinajstić information content (AvgIpc) is 2.65. The minimum Gasteiger partial charge on any atom is -0.316 e. The Morgan fingerprint density at radius 1 is 1.18 bits per heavy atom. The van der Waals surface area contributed by atoms with Gasteiger partial charge in [0.25, 0.3) is 0 Å². The van der Waals surface area contributed by atoms with Gasteiger partial charge in [0.1, 0.15) is 24.5 Å². The molecule has 0 aromatic heterocycles. The summed E-state index contributed by atoms with van der Waals surface area (Å²) in [6.45, 7) is 3.80. The largest absolute Gasteiger partial charge is 0.344 e. The molecule has 7 nitrogen and oxygen atoms in total. The molecule has 0 fully saturated rings. The lowest BCUT2D eigenvalue weighted by Crippen LogP contribution is -2.31. The summed E-state index contributed by atoms with van der Waals surface area (Å²) >= 11 is 0. The zero-order valence-corrected chi connectivity index (χ0v) is 15.9. The highest BCUT2D eigenvalue weighted by Gasteiger charge is 2.13. The van der Waals surface area contributed by atoms with Gasteiger partial charge in [-0.1, -0.05) is 17.4 Å². The topological polar surface area (TPSA) is 97.7 Å². The second-order valence-electron chi connectivity index (χ2n) is 5.85. The van der Waals surface area contributed by atoms with Crippen LogP contribution in [0.2, 0.25) is 0 Å². The van der Waals surface area contributed by atoms with E-state index in [4.69, 9.17) is 5.53 Å². The van der Waals surface area contributed by atoms with Crippen LogP contribution >= 0.6 is 0 Å². The average molecular weight is 391 g/mol. The van der Waals surface area contributed by atoms with Crippen LogP contribution in [0.5, 0.6) is 0 Å². The van der Waals surface area contributed by atoms with E-state index in [-0.39, 0.29) is 12.4 Å². The van der Waals surface area contributed by atoms with Crippen molar-refractivity contribution in [2.24, 2.45) is 5.22 Å². The fourth-order valence-corrected chi connectivity index (χ4v) is 2.14. The Labute approximate surface area is 162 Å². The molecule has 0 bridgehead atoms. The summed E-state index contributed by atoms with van der Waals surface area (Å²) in [5, 5.41) is 8.92. The predicted octanol–water partition coefficient (Wildman–Crippen LogP) is 3.97. The molecule has 2 aromatic carbocycles. The fraction of sp³-hybridized carbons (Fsp3) is 0.263. The van der Waals surface area contributed by atoms with Gasteiger partial charge in [-0.15, -0.1) is 0 Å². The Morgan fingerprint density at radius 3 is 2.43 bits per heavy atom. The molecule has 0 heterocycles. The first kappa shape index (κ1) is 22.8. The lowest BCUT2D eigenvalue weighted by molar-refractivity contribution is -0.108. The third kappa shape index (κ3) is 7.20. The summed E-state index contributed by atoms with van der Waals surface area (Å²) in [6.07, 6.45) is 0.454. The number of nitrogens with one attached hydrogen (secondary N) is 3. The molecule has 9 heteroatoms. The summed E-state index contributed by atoms with van der Waals surface area (Å²) < 4.78 is 25.7. The number of carbonyl (C=O) groups is 2. The monoisotopic (exact) mass is 391 g/mol. The van der Waals surface area contributed by atoms with Crippen LogP contribution in [0.3, 0.4) is 0 Å². The van der Waals surface area contributed by atoms with Crippen LogP contribution in [0.25, 0.3) is 0 Å². The Bertz CT molecular complexity index is 830. The maximum atomic E-state index is 12.9. The molecule has 0 aliphatic rings. The van der Waals surface area contributed by atoms with Gasteiger partial charge in [0.15, 0.2) is 0 Å². The van der Waals surface area contributed by atoms with Crippen LogP contribution < -0.4 is 10.6 Å². The summed E-state index contributed by atoms with van der Waals surface area (Å²) in [5.41, 5.74) is 9.33. The number of rotatable bonds is 6. The van der Waals surface area contributed by atoms with Crippen molar-refractivity contribution < 1.29 is 18.4 Å². The number of anilines is 1. The summed E-state index contributed by atoms with van der Waals surface area (Å²) in [5.74, 6) is -0.534. The smallest absolute Gasteiger partial charge is 0.316 e. The molecule has 28 heavy (non-hydrogen) atoms. The molecule has 0 atom stereocenters. The molecule has 0 saturated carbocycles. The predicted molar refractivity (Wildman–Crippen MR) is 102 cm³/mol. The van der Waals surface area contributed by atoms with Gasteiger partial charge >= 0.3 is 6.03 Å². The van der Waals surface area contributed by atoms with Crippen LogP contribution in [0, 0.1) is 31.0 Å². The summed E-state index contributed by atoms with van der Waals surface area (Å²) in [7, 11) is 1.85. The lowest BCUT2D eigenvalue weighted by atomic mass is 10.1. The van der Waals surface area contributed by atoms with Gasteiger partial charge in [-0.05, 0) is 61.9 Å². The minimum atomic E-state index is -0.721. The first-order chi connectivity index (χ1) is 13.3. The van der Waals surface area contributed by atoms with Crippen LogP contribution in [-0.4, -0.2) is 30.9 Å². The van der Waals surface area contributed by atoms with Crippen molar-refractivity contribution in [1.29, 1.82) is 5.53 Å². The van der Waals surface area contributed by atoms with Crippen LogP contribution in [0.15, 0.2) is 41.6 Å². The maximum absolute atomic E-state index is 12.9. The van der Waals surface area contributed by atoms with Crippen molar-refractivity contribution in [2.45, 2.75) is 20.4 Å². The number of carbonyl (C=O) groups excluding carboxylic acids is 2. The number of nitrogens with zero attached hydrogens (tertiary/aromatic N) is 2. The van der Waals surface area contributed by atoms with E-state index in [0.717, 1.165) is 12.1 Å². The fourth-order valence-electron chi connectivity index (χ4n) is 2.14. The van der Waals surface area contributed by atoms with E-state index in [2.05, 4.69) is 15.9 Å². The van der Waals surface area contributed by atoms with Gasteiger partial charge in [0.2, 0.25) is 0 Å². The second kappa shape index (κ2) is 11.5. The maximum Gasteiger partial charge on any atom is 0.344 e. The van der Waals surface area contributed by atoms with Crippen molar-refractivity contribution in [3.8, 4) is 0 Å². The molecular formula is C19H23F2N5O2. The number of aldehydes is 1. The number of hydrogen-bond acceptors (Lipinski definition) is 5. The van der Waals surface area contributed by atoms with E-state index in [9.17, 15) is 18.4 Å². The Kier molecular flexibility index (Phi) is 9.38. The standard InChI is InChI=1S/C10H11FN4O2.C9H12FN/c1-7-6-8(11)2-3-9(7)13-10(17)15(14-12)4-5-16;1-7-3-4-8(6-11-2)5-9(7)10/h2-3,5-6,12H,4H2,1H3,(H,13,17);3-5,11H,6H2,1-2H3. The van der Waals surface area contributed by atoms with Crippen molar-refractivity contribution >= 4 is 18.0 Å². The number of urea groups is 1. The van der Waals surface area contributed by atoms with Gasteiger partial charge in [0.05, 0.1) is 0 Å². The van der Waals surface area contributed by atoms with Crippen LogP contribution in [0.4, 0.5) is 19.3 Å². The molecule has 2 rings (SSSR count). The molecule has 0 spiro atoms. The minimum absolute atomic E-state index is 0.127. The molecule has 3 N–H and O–H groups in total. The van der Waals surface area contributed by atoms with Crippen molar-refractivity contribution in [1.82, 2.24) is 10.3 Å². The highest BCUT2D eigenvalue weighted by atomic mass is 19.1. The first-order valence-electron chi connectivity index (χ1n) is 8.37. The van der Waals surface area contributed by atoms with Crippen molar-refractivity contribution in [2.75, 3.05) is 18.9 Å². The third-order valence-electron chi connectivity index (χ3n) is 3.65. The van der Waals surface area contributed by atoms with Gasteiger partial charge in [-0.3, -0.25) is 0 Å². The number of benzene rings is 2. The molecule has 2 aromatic rings. The van der Waals surface area contributed by atoms with E-state index in [1.54, 1.807) is 26.0 Å². The van der Waals surface area contributed by atoms with Gasteiger partial charge in [0, 0.05) is 12.2 Å². The number of aryl methyl sites for hydroxylation is 2. The molecule has 0 saturated heterocycles. The Morgan fingerprint density at radius 2 is 1.89 bits per heavy atom. The SMILES string of the molecule is CNCc1ccc(C)c(F)c1.Cc1cc(F)ccc1NC(=O)N(CC=O)N=N. The molecule has 0 aliphatic carbocycles. The summed E-state index contributed by atoms with van der Waals surface area (Å²) in [4.78, 5) is 21.7. The quantitative estimate of drug-likeness (QED) is 0.395. The zero-order valence-electron chi connectivity index (χ0n) is 15.9. The molecule has 150 valence electrons.